The van der Waals surface area contributed by atoms with Crippen LogP contribution in [-0.4, -0.2) is 55.7 Å². The minimum absolute atomic E-state index is 0.0972. The zero-order valence-electron chi connectivity index (χ0n) is 22.3. The maximum Gasteiger partial charge on any atom is 0.412 e. The van der Waals surface area contributed by atoms with Crippen LogP contribution in [0.3, 0.4) is 0 Å². The highest BCUT2D eigenvalue weighted by Gasteiger charge is 2.42. The number of nitrogens with one attached hydrogen (secondary N) is 2. The maximum atomic E-state index is 14.9. The first-order valence-electron chi connectivity index (χ1n) is 13.0. The molecule has 2 aliphatic rings. The summed E-state index contributed by atoms with van der Waals surface area (Å²) in [6.07, 6.45) is 4.50. The fraction of sp³-hybridized carbons (Fsp3) is 0.444. The van der Waals surface area contributed by atoms with Crippen LogP contribution in [0.1, 0.15) is 39.4 Å². The van der Waals surface area contributed by atoms with Crippen LogP contribution in [0, 0.1) is 24.6 Å². The van der Waals surface area contributed by atoms with Gasteiger partial charge in [-0.15, -0.1) is 0 Å². The van der Waals surface area contributed by atoms with Gasteiger partial charge in [0, 0.05) is 24.5 Å². The summed E-state index contributed by atoms with van der Waals surface area (Å²) in [5.41, 5.74) is 6.88. The van der Waals surface area contributed by atoms with Crippen molar-refractivity contribution in [1.29, 1.82) is 0 Å². The summed E-state index contributed by atoms with van der Waals surface area (Å²) < 4.78 is 26.3. The number of aromatic amines is 1. The molecular formula is C27H31FN8O3. The molecule has 1 aliphatic carbocycles. The molecule has 1 aromatic carbocycles. The lowest BCUT2D eigenvalue weighted by Crippen LogP contribution is -2.30. The molecule has 39 heavy (non-hydrogen) atoms. The molecule has 2 fully saturated rings. The smallest absolute Gasteiger partial charge is 0.412 e. The number of carbonyl (C=O) groups excluding carboxylic acids is 1. The van der Waals surface area contributed by atoms with Gasteiger partial charge >= 0.3 is 12.1 Å². The topological polar surface area (TPSA) is 144 Å². The number of carbonyl (C=O) groups is 1. The molecule has 1 amide bonds. The second kappa shape index (κ2) is 9.30. The third-order valence-corrected chi connectivity index (χ3v) is 7.30. The number of hydrogen-bond donors (Lipinski definition) is 3. The number of rotatable bonds is 4. The second-order valence-corrected chi connectivity index (χ2v) is 11.3. The number of nitrogens with two attached hydrogens (primary N) is 1. The highest BCUT2D eigenvalue weighted by molar-refractivity contribution is 6.15. The molecule has 4 N–H and O–H groups in total. The quantitative estimate of drug-likeness (QED) is 0.340. The molecule has 11 nitrogen and oxygen atoms in total. The highest BCUT2D eigenvalue weighted by atomic mass is 19.1. The highest BCUT2D eigenvalue weighted by Crippen LogP contribution is 2.43. The molecule has 1 saturated carbocycles. The van der Waals surface area contributed by atoms with Crippen molar-refractivity contribution in [3.05, 3.63) is 36.2 Å². The molecular weight excluding hydrogens is 503 g/mol. The Hall–Kier alpha value is -4.06. The van der Waals surface area contributed by atoms with E-state index >= 15 is 0 Å². The SMILES string of the molecule is Cc1ncc(Oc2nc(N3C[C@H]4CC[C@@H](N)[C@H]4C3)c3c(n2)[nH]c2c(NC(=O)OC(C)(C)C)cc(F)cc23)cn1. The van der Waals surface area contributed by atoms with Crippen molar-refractivity contribution < 1.29 is 18.7 Å². The number of anilines is 2. The van der Waals surface area contributed by atoms with Gasteiger partial charge in [-0.1, -0.05) is 0 Å². The van der Waals surface area contributed by atoms with E-state index in [-0.39, 0.29) is 17.7 Å². The summed E-state index contributed by atoms with van der Waals surface area (Å²) in [6, 6.07) is 2.90. The Morgan fingerprint density at radius 3 is 2.67 bits per heavy atom. The standard InChI is InChI=1S/C27H31FN8O3/c1-13-30-9-16(10-31-13)38-25-34-23-21(24(35-25)36-11-14-5-6-19(29)18(14)12-36)17-7-15(28)8-20(22(17)33-23)32-26(37)39-27(2,3)4/h7-10,14,18-19H,5-6,11-12,29H2,1-4H3,(H,32,37)(H,33,34,35)/t14-,18+,19-/m1/s1. The first kappa shape index (κ1) is 25.2. The van der Waals surface area contributed by atoms with E-state index in [4.69, 9.17) is 20.2 Å². The predicted octanol–water partition coefficient (Wildman–Crippen LogP) is 4.66. The summed E-state index contributed by atoms with van der Waals surface area (Å²) in [5.74, 6) is 1.92. The Bertz CT molecular complexity index is 1570. The lowest BCUT2D eigenvalue weighted by Gasteiger charge is -2.21. The number of nitrogens with zero attached hydrogens (tertiary/aromatic N) is 5. The van der Waals surface area contributed by atoms with E-state index in [1.54, 1.807) is 40.1 Å². The van der Waals surface area contributed by atoms with Gasteiger partial charge in [-0.25, -0.2) is 19.2 Å². The number of H-pyrrole nitrogens is 1. The number of amides is 1. The summed E-state index contributed by atoms with van der Waals surface area (Å²) in [4.78, 5) is 35.7. The van der Waals surface area contributed by atoms with Crippen LogP contribution in [0.2, 0.25) is 0 Å². The third kappa shape index (κ3) is 4.91. The van der Waals surface area contributed by atoms with Crippen molar-refractivity contribution in [3.63, 3.8) is 0 Å². The number of hydrogen-bond acceptors (Lipinski definition) is 9. The summed E-state index contributed by atoms with van der Waals surface area (Å²) in [7, 11) is 0. The van der Waals surface area contributed by atoms with Gasteiger partial charge in [0.15, 0.2) is 5.75 Å². The molecule has 0 spiro atoms. The molecule has 0 unspecified atom stereocenters. The molecule has 6 rings (SSSR count). The fourth-order valence-electron chi connectivity index (χ4n) is 5.63. The molecule has 1 saturated heterocycles. The van der Waals surface area contributed by atoms with E-state index in [0.717, 1.165) is 25.9 Å². The van der Waals surface area contributed by atoms with Crippen LogP contribution < -0.4 is 20.7 Å². The molecule has 4 aromatic rings. The zero-order chi connectivity index (χ0) is 27.5. The fourth-order valence-corrected chi connectivity index (χ4v) is 5.63. The third-order valence-electron chi connectivity index (χ3n) is 7.30. The molecule has 204 valence electrons. The molecule has 0 bridgehead atoms. The molecule has 0 radical (unpaired) electrons. The van der Waals surface area contributed by atoms with E-state index in [1.165, 1.54) is 12.1 Å². The lowest BCUT2D eigenvalue weighted by atomic mass is 9.98. The van der Waals surface area contributed by atoms with Crippen LogP contribution in [0.25, 0.3) is 21.9 Å². The Morgan fingerprint density at radius 1 is 1.18 bits per heavy atom. The van der Waals surface area contributed by atoms with Crippen LogP contribution in [0.5, 0.6) is 11.8 Å². The van der Waals surface area contributed by atoms with Gasteiger partial charge < -0.3 is 25.1 Å². The predicted molar refractivity (Wildman–Crippen MR) is 144 cm³/mol. The number of fused-ring (bicyclic) bond motifs is 4. The molecule has 3 aromatic heterocycles. The van der Waals surface area contributed by atoms with Crippen LogP contribution in [0.15, 0.2) is 24.5 Å². The van der Waals surface area contributed by atoms with Gasteiger partial charge in [-0.3, -0.25) is 5.32 Å². The van der Waals surface area contributed by atoms with Crippen molar-refractivity contribution >= 4 is 39.5 Å². The molecule has 12 heteroatoms. The van der Waals surface area contributed by atoms with Crippen molar-refractivity contribution in [2.24, 2.45) is 17.6 Å². The first-order chi connectivity index (χ1) is 18.5. The van der Waals surface area contributed by atoms with Gasteiger partial charge in [0.25, 0.3) is 0 Å². The summed E-state index contributed by atoms with van der Waals surface area (Å²) >= 11 is 0. The Morgan fingerprint density at radius 2 is 1.95 bits per heavy atom. The van der Waals surface area contributed by atoms with Crippen molar-refractivity contribution in [1.82, 2.24) is 24.9 Å². The second-order valence-electron chi connectivity index (χ2n) is 11.3. The Balaban J connectivity index is 1.47. The lowest BCUT2D eigenvalue weighted by molar-refractivity contribution is 0.0636. The van der Waals surface area contributed by atoms with Crippen LogP contribution >= 0.6 is 0 Å². The minimum atomic E-state index is -0.712. The molecule has 4 heterocycles. The number of halogens is 1. The summed E-state index contributed by atoms with van der Waals surface area (Å²) in [5, 5.41) is 3.85. The average molecular weight is 535 g/mol. The normalized spacial score (nSPS) is 21.0. The van der Waals surface area contributed by atoms with Gasteiger partial charge in [-0.05, 0) is 64.5 Å². The molecule has 3 atom stereocenters. The van der Waals surface area contributed by atoms with Crippen molar-refractivity contribution in [3.8, 4) is 11.8 Å². The largest absolute Gasteiger partial charge is 0.444 e. The van der Waals surface area contributed by atoms with Crippen molar-refractivity contribution in [2.75, 3.05) is 23.3 Å². The van der Waals surface area contributed by atoms with Gasteiger partial charge in [0.05, 0.1) is 29.0 Å². The van der Waals surface area contributed by atoms with E-state index < -0.39 is 17.5 Å². The van der Waals surface area contributed by atoms with E-state index in [2.05, 4.69) is 30.2 Å². The van der Waals surface area contributed by atoms with E-state index in [0.29, 0.717) is 51.2 Å². The number of aryl methyl sites for hydroxylation is 1. The van der Waals surface area contributed by atoms with Gasteiger partial charge in [0.1, 0.15) is 28.7 Å². The number of benzene rings is 1. The monoisotopic (exact) mass is 534 g/mol. The van der Waals surface area contributed by atoms with Crippen molar-refractivity contribution in [2.45, 2.75) is 52.2 Å². The Labute approximate surface area is 224 Å². The number of aromatic nitrogens is 5. The van der Waals surface area contributed by atoms with E-state index in [9.17, 15) is 9.18 Å². The van der Waals surface area contributed by atoms with Crippen LogP contribution in [-0.2, 0) is 4.74 Å². The summed E-state index contributed by atoms with van der Waals surface area (Å²) in [6.45, 7) is 8.58. The zero-order valence-corrected chi connectivity index (χ0v) is 22.3. The van der Waals surface area contributed by atoms with E-state index in [1.807, 2.05) is 0 Å². The average Bonchev–Trinajstić information content (AvgIpc) is 3.53. The van der Waals surface area contributed by atoms with Crippen LogP contribution in [0.4, 0.5) is 20.7 Å². The molecule has 1 aliphatic heterocycles. The van der Waals surface area contributed by atoms with Gasteiger partial charge in [0.2, 0.25) is 0 Å². The van der Waals surface area contributed by atoms with Gasteiger partial charge in [-0.2, -0.15) is 9.97 Å². The minimum Gasteiger partial charge on any atom is -0.444 e. The number of ether oxygens (including phenoxy) is 2. The maximum absolute atomic E-state index is 14.9. The Kier molecular flexibility index (Phi) is 6.01. The first-order valence-corrected chi connectivity index (χ1v) is 13.0.